The zero-order valence-corrected chi connectivity index (χ0v) is 17.1. The average Bonchev–Trinajstić information content (AvgIpc) is 3.18. The van der Waals surface area contributed by atoms with Crippen LogP contribution < -0.4 is 16.2 Å². The van der Waals surface area contributed by atoms with Gasteiger partial charge >= 0.3 is 0 Å². The fourth-order valence-electron chi connectivity index (χ4n) is 3.79. The number of aromatic hydroxyl groups is 1. The number of phenolic OH excluding ortho intramolecular Hbond substituents is 1. The lowest BCUT2D eigenvalue weighted by Gasteiger charge is -2.24. The first-order valence-corrected chi connectivity index (χ1v) is 9.56. The number of likely N-dealkylation sites (N-methyl/N-ethyl adjacent to an activating group) is 1. The maximum Gasteiger partial charge on any atom is 0.280 e. The molecule has 0 aromatic heterocycles. The van der Waals surface area contributed by atoms with Crippen LogP contribution in [0.1, 0.15) is 36.5 Å². The molecule has 0 spiro atoms. The molecule has 1 heterocycles. The molecule has 0 bridgehead atoms. The highest BCUT2D eigenvalue weighted by atomic mass is 16.3. The summed E-state index contributed by atoms with van der Waals surface area (Å²) in [7, 11) is 4.52. The van der Waals surface area contributed by atoms with Crippen molar-refractivity contribution in [3.8, 4) is 5.75 Å². The normalized spacial score (nSPS) is 21.8. The molecule has 0 unspecified atom stereocenters. The van der Waals surface area contributed by atoms with Gasteiger partial charge in [0.1, 0.15) is 11.4 Å². The smallest absolute Gasteiger partial charge is 0.280 e. The monoisotopic (exact) mass is 401 g/mol. The molecule has 1 aromatic carbocycles. The van der Waals surface area contributed by atoms with E-state index >= 15 is 0 Å². The summed E-state index contributed by atoms with van der Waals surface area (Å²) in [6.07, 6.45) is 2.98. The van der Waals surface area contributed by atoms with Gasteiger partial charge in [0.25, 0.3) is 17.7 Å². The Morgan fingerprint density at radius 1 is 1.24 bits per heavy atom. The number of carbonyl (C=O) groups excluding carboxylic acids is 3. The number of hydrogen-bond donors (Lipinski definition) is 3. The van der Waals surface area contributed by atoms with Crippen LogP contribution in [0.4, 0.5) is 5.69 Å². The van der Waals surface area contributed by atoms with Crippen LogP contribution in [0.5, 0.6) is 5.75 Å². The molecule has 156 valence electrons. The third-order valence-electron chi connectivity index (χ3n) is 5.61. The van der Waals surface area contributed by atoms with Crippen LogP contribution in [-0.2, 0) is 9.59 Å². The predicted molar refractivity (Wildman–Crippen MR) is 108 cm³/mol. The van der Waals surface area contributed by atoms with Crippen molar-refractivity contribution in [3.05, 3.63) is 35.2 Å². The zero-order valence-electron chi connectivity index (χ0n) is 17.1. The Morgan fingerprint density at radius 3 is 2.52 bits per heavy atom. The molecule has 0 saturated heterocycles. The second-order valence-electron chi connectivity index (χ2n) is 7.79. The quantitative estimate of drug-likeness (QED) is 0.379. The van der Waals surface area contributed by atoms with E-state index in [1.807, 2.05) is 0 Å². The van der Waals surface area contributed by atoms with Crippen molar-refractivity contribution < 1.29 is 19.5 Å². The van der Waals surface area contributed by atoms with Crippen LogP contribution in [0.15, 0.2) is 29.6 Å². The first-order chi connectivity index (χ1) is 13.6. The van der Waals surface area contributed by atoms with Crippen molar-refractivity contribution in [2.45, 2.75) is 32.2 Å². The number of para-hydroxylation sites is 1. The largest absolute Gasteiger partial charge is 0.505 e. The van der Waals surface area contributed by atoms with Gasteiger partial charge in [0.15, 0.2) is 11.4 Å². The van der Waals surface area contributed by atoms with Crippen LogP contribution in [0, 0.1) is 5.92 Å². The van der Waals surface area contributed by atoms with E-state index in [0.717, 1.165) is 29.2 Å². The Bertz CT molecular complexity index is 895. The van der Waals surface area contributed by atoms with E-state index in [4.69, 9.17) is 5.84 Å². The lowest BCUT2D eigenvalue weighted by molar-refractivity contribution is -0.136. The molecule has 2 atom stereocenters. The maximum absolute atomic E-state index is 12.8. The Hall–Kier alpha value is -3.07. The summed E-state index contributed by atoms with van der Waals surface area (Å²) in [5, 5.41) is 14.8. The summed E-state index contributed by atoms with van der Waals surface area (Å²) in [5.74, 6) is 4.76. The molecule has 3 amide bonds. The molecule has 1 aromatic rings. The first kappa shape index (κ1) is 20.7. The van der Waals surface area contributed by atoms with E-state index in [9.17, 15) is 19.5 Å². The minimum atomic E-state index is -0.575. The molecule has 4 N–H and O–H groups in total. The van der Waals surface area contributed by atoms with Gasteiger partial charge in [-0.1, -0.05) is 19.4 Å². The standard InChI is InChI=1S/C20H27N5O4/c1-11-7-5-9-13(11)22-15-16(20(29)24(4)19(15)28)25(21)14-10-6-8-12(17(14)26)18(27)23(2)3/h6,8,10-11,13,22,26H,5,7,9,21H2,1-4H3/t11-,13-/m0/s1. The van der Waals surface area contributed by atoms with E-state index in [-0.39, 0.29) is 34.4 Å². The molecule has 0 radical (unpaired) electrons. The molecule has 1 saturated carbocycles. The summed E-state index contributed by atoms with van der Waals surface area (Å²) >= 11 is 0. The number of nitrogens with two attached hydrogens (primary N) is 1. The number of hydrazine groups is 1. The van der Waals surface area contributed by atoms with Gasteiger partial charge in [0.05, 0.1) is 5.56 Å². The van der Waals surface area contributed by atoms with E-state index < -0.39 is 17.7 Å². The molecular weight excluding hydrogens is 374 g/mol. The Labute approximate surface area is 169 Å². The number of amides is 3. The van der Waals surface area contributed by atoms with Crippen molar-refractivity contribution in [2.24, 2.45) is 11.8 Å². The first-order valence-electron chi connectivity index (χ1n) is 9.56. The van der Waals surface area contributed by atoms with Crippen LogP contribution in [0.3, 0.4) is 0 Å². The van der Waals surface area contributed by atoms with E-state index in [0.29, 0.717) is 5.92 Å². The minimum absolute atomic E-state index is 0.0487. The summed E-state index contributed by atoms with van der Waals surface area (Å²) in [6.45, 7) is 2.10. The Kier molecular flexibility index (Phi) is 5.52. The number of imide groups is 1. The average molecular weight is 401 g/mol. The van der Waals surface area contributed by atoms with Crippen molar-refractivity contribution >= 4 is 23.4 Å². The number of anilines is 1. The summed E-state index contributed by atoms with van der Waals surface area (Å²) < 4.78 is 0. The molecule has 2 aliphatic rings. The fourth-order valence-corrected chi connectivity index (χ4v) is 3.79. The summed E-state index contributed by atoms with van der Waals surface area (Å²) in [6, 6.07) is 4.58. The van der Waals surface area contributed by atoms with E-state index in [2.05, 4.69) is 12.2 Å². The van der Waals surface area contributed by atoms with Gasteiger partial charge in [-0.15, -0.1) is 0 Å². The Balaban J connectivity index is 2.04. The van der Waals surface area contributed by atoms with Gasteiger partial charge in [-0.05, 0) is 30.9 Å². The van der Waals surface area contributed by atoms with Crippen LogP contribution in [-0.4, -0.2) is 59.8 Å². The second-order valence-corrected chi connectivity index (χ2v) is 7.79. The number of benzene rings is 1. The minimum Gasteiger partial charge on any atom is -0.505 e. The van der Waals surface area contributed by atoms with Gasteiger partial charge in [-0.2, -0.15) is 0 Å². The molecular formula is C20H27N5O4. The summed E-state index contributed by atoms with van der Waals surface area (Å²) in [5.41, 5.74) is 0.166. The number of nitrogens with one attached hydrogen (secondary N) is 1. The van der Waals surface area contributed by atoms with Gasteiger partial charge in [-0.3, -0.25) is 24.3 Å². The highest BCUT2D eigenvalue weighted by Crippen LogP contribution is 2.35. The SMILES string of the molecule is C[C@H]1CCC[C@@H]1NC1=C(N(N)c2cccc(C(=O)N(C)C)c2O)C(=O)N(C)C1=O. The van der Waals surface area contributed by atoms with Crippen LogP contribution in [0.2, 0.25) is 0 Å². The Morgan fingerprint density at radius 2 is 1.93 bits per heavy atom. The highest BCUT2D eigenvalue weighted by Gasteiger charge is 2.41. The van der Waals surface area contributed by atoms with Crippen molar-refractivity contribution in [3.63, 3.8) is 0 Å². The molecule has 9 nitrogen and oxygen atoms in total. The number of phenols is 1. The third-order valence-corrected chi connectivity index (χ3v) is 5.61. The number of carbonyl (C=O) groups is 3. The van der Waals surface area contributed by atoms with E-state index in [1.165, 1.54) is 24.1 Å². The van der Waals surface area contributed by atoms with Gasteiger partial charge < -0.3 is 15.3 Å². The van der Waals surface area contributed by atoms with Crippen molar-refractivity contribution in [2.75, 3.05) is 26.2 Å². The van der Waals surface area contributed by atoms with Gasteiger partial charge in [-0.25, -0.2) is 5.84 Å². The zero-order chi connectivity index (χ0) is 21.5. The topological polar surface area (TPSA) is 119 Å². The highest BCUT2D eigenvalue weighted by molar-refractivity contribution is 6.20. The number of rotatable bonds is 5. The summed E-state index contributed by atoms with van der Waals surface area (Å²) in [4.78, 5) is 40.1. The third kappa shape index (κ3) is 3.53. The number of hydrogen-bond acceptors (Lipinski definition) is 7. The predicted octanol–water partition coefficient (Wildman–Crippen LogP) is 0.762. The van der Waals surface area contributed by atoms with Crippen molar-refractivity contribution in [1.29, 1.82) is 0 Å². The van der Waals surface area contributed by atoms with Gasteiger partial charge in [0.2, 0.25) is 0 Å². The maximum atomic E-state index is 12.8. The lowest BCUT2D eigenvalue weighted by atomic mass is 10.1. The molecule has 1 aliphatic heterocycles. The molecule has 29 heavy (non-hydrogen) atoms. The number of nitrogens with zero attached hydrogens (tertiary/aromatic N) is 3. The van der Waals surface area contributed by atoms with Crippen molar-refractivity contribution in [1.82, 2.24) is 15.1 Å². The molecule has 1 aliphatic carbocycles. The van der Waals surface area contributed by atoms with Crippen LogP contribution >= 0.6 is 0 Å². The molecule has 3 rings (SSSR count). The second kappa shape index (κ2) is 7.75. The van der Waals surface area contributed by atoms with E-state index in [1.54, 1.807) is 20.2 Å². The van der Waals surface area contributed by atoms with Crippen LogP contribution in [0.25, 0.3) is 0 Å². The molecule has 1 fully saturated rings. The molecule has 9 heteroatoms. The lowest BCUT2D eigenvalue weighted by Crippen LogP contribution is -2.38. The van der Waals surface area contributed by atoms with Gasteiger partial charge in [0, 0.05) is 27.2 Å². The fraction of sp³-hybridized carbons (Fsp3) is 0.450.